The van der Waals surface area contributed by atoms with Crippen molar-refractivity contribution in [2.24, 2.45) is 5.73 Å². The molecule has 1 fully saturated rings. The molecule has 2 atom stereocenters. The number of rotatable bonds is 10. The third kappa shape index (κ3) is 5.60. The molecule has 5 N–H and O–H groups in total. The second-order valence-corrected chi connectivity index (χ2v) is 9.16. The zero-order valence-electron chi connectivity index (χ0n) is 21.1. The van der Waals surface area contributed by atoms with Gasteiger partial charge in [-0.15, -0.1) is 0 Å². The normalized spacial score (nSPS) is 16.1. The van der Waals surface area contributed by atoms with Crippen molar-refractivity contribution in [1.29, 1.82) is 0 Å². The summed E-state index contributed by atoms with van der Waals surface area (Å²) in [5.41, 5.74) is 9.10. The molecule has 0 spiro atoms. The molecule has 0 aliphatic carbocycles. The van der Waals surface area contributed by atoms with E-state index in [1.165, 1.54) is 0 Å². The number of benzene rings is 1. The van der Waals surface area contributed by atoms with Gasteiger partial charge < -0.3 is 31.3 Å². The van der Waals surface area contributed by atoms with Gasteiger partial charge in [0.25, 0.3) is 5.91 Å². The van der Waals surface area contributed by atoms with E-state index in [1.807, 2.05) is 53.9 Å². The second-order valence-electron chi connectivity index (χ2n) is 9.16. The zero-order valence-corrected chi connectivity index (χ0v) is 21.1. The summed E-state index contributed by atoms with van der Waals surface area (Å²) in [4.78, 5) is 32.3. The van der Waals surface area contributed by atoms with Crippen LogP contribution in [0.15, 0.2) is 42.6 Å². The predicted molar refractivity (Wildman–Crippen MR) is 141 cm³/mol. The number of ether oxygens (including phenoxy) is 1. The van der Waals surface area contributed by atoms with Gasteiger partial charge in [-0.05, 0) is 44.0 Å². The maximum atomic E-state index is 13.2. The van der Waals surface area contributed by atoms with Crippen LogP contribution in [0.3, 0.4) is 0 Å². The number of imidazole rings is 1. The lowest BCUT2D eigenvalue weighted by atomic mass is 10.1. The summed E-state index contributed by atoms with van der Waals surface area (Å²) in [6.07, 6.45) is 4.08. The SMILES string of the molecule is CC(NC(=O)c1cccn2c(NCC3CCCO3)c(-c3ccc(N(C)C)cc3)nc12)C(=O)NCCN. The van der Waals surface area contributed by atoms with Crippen LogP contribution in [0.1, 0.15) is 30.1 Å². The highest BCUT2D eigenvalue weighted by Crippen LogP contribution is 2.31. The maximum absolute atomic E-state index is 13.2. The minimum Gasteiger partial charge on any atom is -0.378 e. The van der Waals surface area contributed by atoms with E-state index in [2.05, 4.69) is 16.0 Å². The van der Waals surface area contributed by atoms with Gasteiger partial charge in [0.15, 0.2) is 5.65 Å². The van der Waals surface area contributed by atoms with E-state index in [4.69, 9.17) is 15.5 Å². The number of hydrogen-bond donors (Lipinski definition) is 4. The van der Waals surface area contributed by atoms with Crippen molar-refractivity contribution in [3.05, 3.63) is 48.2 Å². The number of carbonyl (C=O) groups excluding carboxylic acids is 2. The van der Waals surface area contributed by atoms with Crippen molar-refractivity contribution in [2.75, 3.05) is 50.6 Å². The number of fused-ring (bicyclic) bond motifs is 1. The molecule has 36 heavy (non-hydrogen) atoms. The first kappa shape index (κ1) is 25.5. The molecule has 1 saturated heterocycles. The van der Waals surface area contributed by atoms with Gasteiger partial charge in [-0.1, -0.05) is 12.1 Å². The first-order valence-electron chi connectivity index (χ1n) is 12.3. The van der Waals surface area contributed by atoms with E-state index in [-0.39, 0.29) is 17.9 Å². The first-order chi connectivity index (χ1) is 17.4. The molecule has 192 valence electrons. The van der Waals surface area contributed by atoms with Gasteiger partial charge in [-0.3, -0.25) is 14.0 Å². The number of aromatic nitrogens is 2. The van der Waals surface area contributed by atoms with Crippen LogP contribution < -0.4 is 26.6 Å². The van der Waals surface area contributed by atoms with Crippen molar-refractivity contribution in [3.63, 3.8) is 0 Å². The molecule has 2 aromatic heterocycles. The van der Waals surface area contributed by atoms with Gasteiger partial charge in [0, 0.05) is 57.8 Å². The molecular weight excluding hydrogens is 458 g/mol. The highest BCUT2D eigenvalue weighted by atomic mass is 16.5. The summed E-state index contributed by atoms with van der Waals surface area (Å²) >= 11 is 0. The maximum Gasteiger partial charge on any atom is 0.255 e. The van der Waals surface area contributed by atoms with E-state index in [0.717, 1.165) is 42.2 Å². The highest BCUT2D eigenvalue weighted by molar-refractivity contribution is 6.02. The van der Waals surface area contributed by atoms with E-state index in [0.29, 0.717) is 30.8 Å². The molecule has 1 aromatic carbocycles. The van der Waals surface area contributed by atoms with E-state index in [1.54, 1.807) is 19.1 Å². The highest BCUT2D eigenvalue weighted by Gasteiger charge is 2.23. The van der Waals surface area contributed by atoms with Crippen LogP contribution in [0.25, 0.3) is 16.9 Å². The summed E-state index contributed by atoms with van der Waals surface area (Å²) in [5, 5.41) is 8.98. The van der Waals surface area contributed by atoms with Crippen LogP contribution in [0.4, 0.5) is 11.5 Å². The predicted octanol–water partition coefficient (Wildman–Crippen LogP) is 1.85. The van der Waals surface area contributed by atoms with Crippen molar-refractivity contribution in [3.8, 4) is 11.3 Å². The van der Waals surface area contributed by atoms with Gasteiger partial charge in [-0.2, -0.15) is 0 Å². The minimum atomic E-state index is -0.713. The number of carbonyl (C=O) groups is 2. The number of nitrogens with one attached hydrogen (secondary N) is 3. The average molecular weight is 494 g/mol. The standard InChI is InChI=1S/C26H35N7O3/c1-17(25(34)28-13-12-27)30-26(35)21-7-4-14-33-23(21)31-22(18-8-10-19(11-9-18)32(2)3)24(33)29-16-20-6-5-15-36-20/h4,7-11,14,17,20,29H,5-6,12-13,15-16,27H2,1-3H3,(H,28,34)(H,30,35). The number of anilines is 2. The van der Waals surface area contributed by atoms with Crippen molar-refractivity contribution >= 4 is 29.0 Å². The molecule has 10 heteroatoms. The lowest BCUT2D eigenvalue weighted by Gasteiger charge is -2.15. The second kappa shape index (κ2) is 11.4. The van der Waals surface area contributed by atoms with Crippen molar-refractivity contribution in [1.82, 2.24) is 20.0 Å². The average Bonchev–Trinajstić information content (AvgIpc) is 3.53. The van der Waals surface area contributed by atoms with Crippen molar-refractivity contribution < 1.29 is 14.3 Å². The first-order valence-corrected chi connectivity index (χ1v) is 12.3. The molecule has 3 heterocycles. The molecule has 2 unspecified atom stereocenters. The number of hydrogen-bond acceptors (Lipinski definition) is 7. The zero-order chi connectivity index (χ0) is 25.7. The Kier molecular flexibility index (Phi) is 8.07. The number of nitrogens with two attached hydrogens (primary N) is 1. The topological polar surface area (TPSA) is 126 Å². The Morgan fingerprint density at radius 1 is 1.25 bits per heavy atom. The Balaban J connectivity index is 1.68. The number of nitrogens with zero attached hydrogens (tertiary/aromatic N) is 3. The molecule has 4 rings (SSSR count). The molecule has 0 radical (unpaired) electrons. The molecule has 1 aliphatic heterocycles. The monoisotopic (exact) mass is 493 g/mol. The van der Waals surface area contributed by atoms with Gasteiger partial charge in [0.1, 0.15) is 17.6 Å². The Labute approximate surface area is 211 Å². The van der Waals surface area contributed by atoms with Gasteiger partial charge in [0.2, 0.25) is 5.91 Å². The smallest absolute Gasteiger partial charge is 0.255 e. The molecule has 10 nitrogen and oxygen atoms in total. The third-order valence-corrected chi connectivity index (χ3v) is 6.26. The third-order valence-electron chi connectivity index (χ3n) is 6.26. The lowest BCUT2D eigenvalue weighted by Crippen LogP contribution is -2.46. The fourth-order valence-electron chi connectivity index (χ4n) is 4.24. The quantitative estimate of drug-likeness (QED) is 0.340. The van der Waals surface area contributed by atoms with Gasteiger partial charge >= 0.3 is 0 Å². The van der Waals surface area contributed by atoms with E-state index in [9.17, 15) is 9.59 Å². The van der Waals surface area contributed by atoms with Crippen molar-refractivity contribution in [2.45, 2.75) is 31.9 Å². The molecule has 0 bridgehead atoms. The summed E-state index contributed by atoms with van der Waals surface area (Å²) in [7, 11) is 3.99. The van der Waals surface area contributed by atoms with Crippen LogP contribution in [0.5, 0.6) is 0 Å². The molecular formula is C26H35N7O3. The fourth-order valence-corrected chi connectivity index (χ4v) is 4.24. The molecule has 3 aromatic rings. The molecule has 1 aliphatic rings. The fraction of sp³-hybridized carbons (Fsp3) is 0.423. The summed E-state index contributed by atoms with van der Waals surface area (Å²) < 4.78 is 7.69. The largest absolute Gasteiger partial charge is 0.378 e. The Bertz CT molecular complexity index is 1200. The molecule has 2 amide bonds. The minimum absolute atomic E-state index is 0.138. The van der Waals surface area contributed by atoms with Crippen LogP contribution >= 0.6 is 0 Å². The van der Waals surface area contributed by atoms with Crippen LogP contribution in [-0.4, -0.2) is 73.7 Å². The van der Waals surface area contributed by atoms with Gasteiger partial charge in [0.05, 0.1) is 11.7 Å². The Morgan fingerprint density at radius 2 is 2.03 bits per heavy atom. The van der Waals surface area contributed by atoms with Crippen LogP contribution in [-0.2, 0) is 9.53 Å². The Hall–Kier alpha value is -3.63. The molecule has 0 saturated carbocycles. The Morgan fingerprint density at radius 3 is 2.69 bits per heavy atom. The summed E-state index contributed by atoms with van der Waals surface area (Å²) in [6, 6.07) is 10.9. The van der Waals surface area contributed by atoms with E-state index < -0.39 is 6.04 Å². The number of amides is 2. The lowest BCUT2D eigenvalue weighted by molar-refractivity contribution is -0.122. The summed E-state index contributed by atoms with van der Waals surface area (Å²) in [6.45, 7) is 3.75. The van der Waals surface area contributed by atoms with Crippen LogP contribution in [0.2, 0.25) is 0 Å². The van der Waals surface area contributed by atoms with E-state index >= 15 is 0 Å². The summed E-state index contributed by atoms with van der Waals surface area (Å²) in [5.74, 6) is 0.132. The number of pyridine rings is 1. The van der Waals surface area contributed by atoms with Crippen LogP contribution in [0, 0.1) is 0 Å². The van der Waals surface area contributed by atoms with Gasteiger partial charge in [-0.25, -0.2) is 4.98 Å².